The molecule has 6 nitrogen and oxygen atoms in total. The fraction of sp³-hybridized carbons (Fsp3) is 0.280. The summed E-state index contributed by atoms with van der Waals surface area (Å²) >= 11 is 0. The number of hydrogen-bond acceptors (Lipinski definition) is 5. The maximum atomic E-state index is 15.4. The van der Waals surface area contributed by atoms with Gasteiger partial charge in [-0.2, -0.15) is 0 Å². The van der Waals surface area contributed by atoms with Gasteiger partial charge in [0.05, 0.1) is 5.60 Å². The third-order valence-corrected chi connectivity index (χ3v) is 6.47. The summed E-state index contributed by atoms with van der Waals surface area (Å²) in [5, 5.41) is 21.3. The van der Waals surface area contributed by atoms with Crippen LogP contribution in [0.4, 0.5) is 10.2 Å². The SMILES string of the molecule is CC(O)(c1ccccc1)c1ccc(-c2nc([C@H]3C[C@@](C)(O)C3)n3ccnc(N)c23)c(F)c1. The largest absolute Gasteiger partial charge is 0.390 e. The fourth-order valence-corrected chi connectivity index (χ4v) is 4.69. The highest BCUT2D eigenvalue weighted by atomic mass is 19.1. The lowest BCUT2D eigenvalue weighted by molar-refractivity contribution is -0.0335. The zero-order chi connectivity index (χ0) is 22.7. The van der Waals surface area contributed by atoms with Crippen LogP contribution in [-0.4, -0.2) is 30.2 Å². The van der Waals surface area contributed by atoms with Crippen LogP contribution in [0.2, 0.25) is 0 Å². The van der Waals surface area contributed by atoms with Crippen LogP contribution >= 0.6 is 0 Å². The van der Waals surface area contributed by atoms with Crippen LogP contribution < -0.4 is 5.73 Å². The lowest BCUT2D eigenvalue weighted by atomic mass is 9.72. The Morgan fingerprint density at radius 1 is 1.16 bits per heavy atom. The van der Waals surface area contributed by atoms with Gasteiger partial charge in [0, 0.05) is 23.9 Å². The number of halogens is 1. The summed E-state index contributed by atoms with van der Waals surface area (Å²) in [6.07, 6.45) is 4.51. The van der Waals surface area contributed by atoms with E-state index in [0.29, 0.717) is 35.2 Å². The second-order valence-corrected chi connectivity index (χ2v) is 9.08. The van der Waals surface area contributed by atoms with Crippen LogP contribution in [0.15, 0.2) is 60.9 Å². The lowest BCUT2D eigenvalue weighted by Gasteiger charge is -2.40. The molecule has 164 valence electrons. The van der Waals surface area contributed by atoms with Gasteiger partial charge in [-0.3, -0.25) is 4.40 Å². The number of nitrogens with two attached hydrogens (primary N) is 1. The highest BCUT2D eigenvalue weighted by molar-refractivity contribution is 5.85. The standard InChI is InChI=1S/C25H25FN4O2/c1-24(31)13-15(14-24)23-29-20(21-22(27)28-10-11-30(21)23)18-9-8-17(12-19(18)26)25(2,32)16-6-4-3-5-7-16/h3-12,15,31-32H,13-14H2,1-2H3,(H2,27,28)/t15-,24+,25?. The summed E-state index contributed by atoms with van der Waals surface area (Å²) in [5.41, 5.74) is 6.44. The third kappa shape index (κ3) is 3.25. The monoisotopic (exact) mass is 432 g/mol. The number of fused-ring (bicyclic) bond motifs is 1. The van der Waals surface area contributed by atoms with Gasteiger partial charge in [0.25, 0.3) is 0 Å². The number of aromatic nitrogens is 3. The van der Waals surface area contributed by atoms with Crippen molar-refractivity contribution < 1.29 is 14.6 Å². The number of aliphatic hydroxyl groups is 2. The van der Waals surface area contributed by atoms with E-state index in [0.717, 1.165) is 5.82 Å². The summed E-state index contributed by atoms with van der Waals surface area (Å²) in [5.74, 6) is 0.533. The molecular weight excluding hydrogens is 407 g/mol. The average Bonchev–Trinajstić information content (AvgIpc) is 3.13. The molecule has 2 aromatic carbocycles. The second-order valence-electron chi connectivity index (χ2n) is 9.08. The van der Waals surface area contributed by atoms with Gasteiger partial charge in [-0.1, -0.05) is 36.4 Å². The Labute approximate surface area is 185 Å². The van der Waals surface area contributed by atoms with Crippen molar-refractivity contribution in [1.29, 1.82) is 0 Å². The van der Waals surface area contributed by atoms with E-state index < -0.39 is 17.0 Å². The van der Waals surface area contributed by atoms with Crippen LogP contribution in [0.3, 0.4) is 0 Å². The first kappa shape index (κ1) is 20.6. The van der Waals surface area contributed by atoms with Crippen molar-refractivity contribution in [3.63, 3.8) is 0 Å². The van der Waals surface area contributed by atoms with Crippen LogP contribution in [0.1, 0.15) is 49.6 Å². The van der Waals surface area contributed by atoms with Crippen LogP contribution in [0.25, 0.3) is 16.8 Å². The van der Waals surface area contributed by atoms with E-state index in [9.17, 15) is 10.2 Å². The summed E-state index contributed by atoms with van der Waals surface area (Å²) in [4.78, 5) is 8.92. The molecule has 0 radical (unpaired) electrons. The second kappa shape index (κ2) is 7.12. The van der Waals surface area contributed by atoms with Gasteiger partial charge in [0.1, 0.15) is 34.3 Å². The van der Waals surface area contributed by atoms with Gasteiger partial charge in [0.2, 0.25) is 0 Å². The van der Waals surface area contributed by atoms with E-state index in [2.05, 4.69) is 4.98 Å². The van der Waals surface area contributed by atoms with Crippen molar-refractivity contribution in [3.8, 4) is 11.3 Å². The Balaban J connectivity index is 1.61. The van der Waals surface area contributed by atoms with E-state index in [1.54, 1.807) is 50.5 Å². The van der Waals surface area contributed by atoms with E-state index in [1.807, 2.05) is 22.6 Å². The van der Waals surface area contributed by atoms with Crippen LogP contribution in [0.5, 0.6) is 0 Å². The molecule has 5 rings (SSSR count). The highest BCUT2D eigenvalue weighted by Gasteiger charge is 2.42. The molecule has 7 heteroatoms. The number of nitrogen functional groups attached to an aromatic ring is 1. The smallest absolute Gasteiger partial charge is 0.150 e. The maximum Gasteiger partial charge on any atom is 0.150 e. The van der Waals surface area contributed by atoms with Crippen molar-refractivity contribution in [2.45, 2.75) is 43.8 Å². The molecule has 0 bridgehead atoms. The topological polar surface area (TPSA) is 96.7 Å². The summed E-state index contributed by atoms with van der Waals surface area (Å²) in [7, 11) is 0. The Bertz CT molecular complexity index is 1310. The van der Waals surface area contributed by atoms with E-state index in [-0.39, 0.29) is 17.3 Å². The summed E-state index contributed by atoms with van der Waals surface area (Å²) < 4.78 is 17.2. The maximum absolute atomic E-state index is 15.4. The predicted molar refractivity (Wildman–Crippen MR) is 121 cm³/mol. The molecule has 0 spiro atoms. The number of benzene rings is 2. The van der Waals surface area contributed by atoms with E-state index in [4.69, 9.17) is 10.7 Å². The molecule has 0 saturated heterocycles. The minimum Gasteiger partial charge on any atom is -0.390 e. The quantitative estimate of drug-likeness (QED) is 0.453. The van der Waals surface area contributed by atoms with Crippen LogP contribution in [-0.2, 0) is 5.60 Å². The molecule has 2 heterocycles. The van der Waals surface area contributed by atoms with Crippen molar-refractivity contribution in [1.82, 2.24) is 14.4 Å². The van der Waals surface area contributed by atoms with Gasteiger partial charge in [-0.15, -0.1) is 0 Å². The Morgan fingerprint density at radius 3 is 2.53 bits per heavy atom. The Morgan fingerprint density at radius 2 is 1.88 bits per heavy atom. The molecule has 1 atom stereocenters. The van der Waals surface area contributed by atoms with Gasteiger partial charge in [0.15, 0.2) is 0 Å². The zero-order valence-corrected chi connectivity index (χ0v) is 18.0. The first-order valence-corrected chi connectivity index (χ1v) is 10.6. The molecule has 0 aliphatic heterocycles. The first-order chi connectivity index (χ1) is 15.2. The zero-order valence-electron chi connectivity index (χ0n) is 18.0. The number of nitrogens with zero attached hydrogens (tertiary/aromatic N) is 3. The molecule has 4 aromatic rings. The fourth-order valence-electron chi connectivity index (χ4n) is 4.69. The van der Waals surface area contributed by atoms with E-state index in [1.165, 1.54) is 6.07 Å². The molecule has 2 aromatic heterocycles. The predicted octanol–water partition coefficient (Wildman–Crippen LogP) is 4.00. The van der Waals surface area contributed by atoms with Gasteiger partial charge in [-0.05, 0) is 49.9 Å². The molecule has 32 heavy (non-hydrogen) atoms. The third-order valence-electron chi connectivity index (χ3n) is 6.47. The molecule has 1 aliphatic rings. The van der Waals surface area contributed by atoms with Crippen molar-refractivity contribution in [2.24, 2.45) is 0 Å². The number of rotatable bonds is 4. The molecule has 1 unspecified atom stereocenters. The van der Waals surface area contributed by atoms with Gasteiger partial charge < -0.3 is 15.9 Å². The van der Waals surface area contributed by atoms with Gasteiger partial charge >= 0.3 is 0 Å². The first-order valence-electron chi connectivity index (χ1n) is 10.6. The van der Waals surface area contributed by atoms with Crippen molar-refractivity contribution in [3.05, 3.63) is 83.7 Å². The molecule has 0 amide bonds. The van der Waals surface area contributed by atoms with Crippen molar-refractivity contribution in [2.75, 3.05) is 5.73 Å². The lowest BCUT2D eigenvalue weighted by Crippen LogP contribution is -2.40. The number of hydrogen-bond donors (Lipinski definition) is 3. The molecule has 1 saturated carbocycles. The van der Waals surface area contributed by atoms with Crippen LogP contribution in [0, 0.1) is 5.82 Å². The molecule has 1 aliphatic carbocycles. The minimum atomic E-state index is -1.35. The minimum absolute atomic E-state index is 0.0502. The highest BCUT2D eigenvalue weighted by Crippen LogP contribution is 2.45. The molecular formula is C25H25FN4O2. The van der Waals surface area contributed by atoms with Crippen molar-refractivity contribution >= 4 is 11.3 Å². The Hall–Kier alpha value is -3.29. The average molecular weight is 432 g/mol. The normalized spacial score (nSPS) is 22.5. The number of anilines is 1. The van der Waals surface area contributed by atoms with Gasteiger partial charge in [-0.25, -0.2) is 14.4 Å². The summed E-state index contributed by atoms with van der Waals surface area (Å²) in [6, 6.07) is 13.8. The molecule has 1 fully saturated rings. The number of imidazole rings is 1. The molecule has 4 N–H and O–H groups in total. The summed E-state index contributed by atoms with van der Waals surface area (Å²) in [6.45, 7) is 3.44. The Kier molecular flexibility index (Phi) is 4.58. The van der Waals surface area contributed by atoms with E-state index >= 15 is 4.39 Å².